The molecule has 0 fully saturated rings. The van der Waals surface area contributed by atoms with Crippen molar-refractivity contribution in [2.24, 2.45) is 4.99 Å². The number of fused-ring (bicyclic) bond motifs is 1. The molecule has 6 nitrogen and oxygen atoms in total. The molecule has 1 atom stereocenters. The highest BCUT2D eigenvalue weighted by Crippen LogP contribution is 2.31. The van der Waals surface area contributed by atoms with Gasteiger partial charge in [-0.05, 0) is 42.8 Å². The van der Waals surface area contributed by atoms with Crippen LogP contribution in [-0.4, -0.2) is 24.8 Å². The Kier molecular flexibility index (Phi) is 6.24. The Morgan fingerprint density at radius 3 is 2.38 bits per heavy atom. The Morgan fingerprint density at radius 2 is 1.78 bits per heavy atom. The number of esters is 1. The number of carbonyl (C=O) groups is 1. The molecule has 32 heavy (non-hydrogen) atoms. The minimum absolute atomic E-state index is 0.299. The first-order chi connectivity index (χ1) is 15.3. The summed E-state index contributed by atoms with van der Waals surface area (Å²) in [4.78, 5) is 31.2. The molecule has 0 N–H and O–H groups in total. The number of thiazole rings is 1. The molecule has 164 valence electrons. The SMILES string of the molecule is COC(=O)C1=C(C)N=c2s/c(=C\c3c(Cl)cccc3Cl)c(=O)n2C1c1ccc(OC)cc1. The lowest BCUT2D eigenvalue weighted by molar-refractivity contribution is -0.136. The molecule has 0 aliphatic carbocycles. The first-order valence-electron chi connectivity index (χ1n) is 9.54. The Hall–Kier alpha value is -2.87. The van der Waals surface area contributed by atoms with E-state index in [-0.39, 0.29) is 5.56 Å². The van der Waals surface area contributed by atoms with Gasteiger partial charge in [0.2, 0.25) is 0 Å². The van der Waals surface area contributed by atoms with Crippen LogP contribution in [0.3, 0.4) is 0 Å². The van der Waals surface area contributed by atoms with E-state index < -0.39 is 12.0 Å². The second-order valence-electron chi connectivity index (χ2n) is 6.98. The number of hydrogen-bond acceptors (Lipinski definition) is 6. The van der Waals surface area contributed by atoms with E-state index in [1.165, 1.54) is 23.0 Å². The number of rotatable bonds is 4. The van der Waals surface area contributed by atoms with Crippen LogP contribution in [0.15, 0.2) is 63.5 Å². The third kappa shape index (κ3) is 3.88. The van der Waals surface area contributed by atoms with Crippen LogP contribution in [-0.2, 0) is 9.53 Å². The molecule has 0 spiro atoms. The van der Waals surface area contributed by atoms with E-state index in [9.17, 15) is 9.59 Å². The van der Waals surface area contributed by atoms with Crippen LogP contribution in [0.4, 0.5) is 0 Å². The maximum Gasteiger partial charge on any atom is 0.338 e. The van der Waals surface area contributed by atoms with Gasteiger partial charge in [-0.1, -0.05) is 52.7 Å². The number of benzene rings is 2. The maximum absolute atomic E-state index is 13.5. The molecule has 1 aliphatic heterocycles. The number of carbonyl (C=O) groups excluding carboxylic acids is 1. The fraction of sp³-hybridized carbons (Fsp3) is 0.174. The second-order valence-corrected chi connectivity index (χ2v) is 8.81. The van der Waals surface area contributed by atoms with Gasteiger partial charge >= 0.3 is 5.97 Å². The fourth-order valence-corrected chi connectivity index (χ4v) is 5.11. The summed E-state index contributed by atoms with van der Waals surface area (Å²) in [5, 5.41) is 0.864. The topological polar surface area (TPSA) is 69.9 Å². The minimum atomic E-state index is -0.700. The van der Waals surface area contributed by atoms with Crippen LogP contribution in [0.2, 0.25) is 10.0 Å². The number of aromatic nitrogens is 1. The summed E-state index contributed by atoms with van der Waals surface area (Å²) in [6.45, 7) is 1.73. The Balaban J connectivity index is 1.99. The number of allylic oxidation sites excluding steroid dienone is 1. The number of halogens is 2. The molecule has 0 amide bonds. The molecule has 2 heterocycles. The van der Waals surface area contributed by atoms with E-state index in [0.717, 1.165) is 5.56 Å². The van der Waals surface area contributed by atoms with Crippen molar-refractivity contribution in [1.82, 2.24) is 4.57 Å². The molecule has 1 aromatic heterocycles. The van der Waals surface area contributed by atoms with Gasteiger partial charge in [-0.2, -0.15) is 0 Å². The molecule has 3 aromatic rings. The third-order valence-electron chi connectivity index (χ3n) is 5.13. The van der Waals surface area contributed by atoms with Crippen molar-refractivity contribution in [3.8, 4) is 5.75 Å². The van der Waals surface area contributed by atoms with Gasteiger partial charge in [-0.3, -0.25) is 9.36 Å². The largest absolute Gasteiger partial charge is 0.497 e. The molecule has 4 rings (SSSR count). The molecule has 0 saturated heterocycles. The predicted octanol–water partition coefficient (Wildman–Crippen LogP) is 3.72. The van der Waals surface area contributed by atoms with Crippen LogP contribution in [0.25, 0.3) is 6.08 Å². The average Bonchev–Trinajstić information content (AvgIpc) is 3.09. The first kappa shape index (κ1) is 22.3. The van der Waals surface area contributed by atoms with Crippen molar-refractivity contribution >= 4 is 46.6 Å². The number of methoxy groups -OCH3 is 2. The Bertz CT molecular complexity index is 1400. The van der Waals surface area contributed by atoms with Crippen molar-refractivity contribution in [2.45, 2.75) is 13.0 Å². The molecule has 1 unspecified atom stereocenters. The monoisotopic (exact) mass is 488 g/mol. The maximum atomic E-state index is 13.5. The summed E-state index contributed by atoms with van der Waals surface area (Å²) in [6.07, 6.45) is 1.65. The van der Waals surface area contributed by atoms with Gasteiger partial charge in [0.15, 0.2) is 4.80 Å². The molecule has 1 aliphatic rings. The number of hydrogen-bond donors (Lipinski definition) is 0. The van der Waals surface area contributed by atoms with Gasteiger partial charge in [-0.15, -0.1) is 0 Å². The summed E-state index contributed by atoms with van der Waals surface area (Å²) < 4.78 is 12.2. The molecular weight excluding hydrogens is 471 g/mol. The molecule has 9 heteroatoms. The van der Waals surface area contributed by atoms with E-state index >= 15 is 0 Å². The van der Waals surface area contributed by atoms with Crippen LogP contribution in [0.5, 0.6) is 5.75 Å². The quantitative estimate of drug-likeness (QED) is 0.524. The molecule has 0 radical (unpaired) electrons. The van der Waals surface area contributed by atoms with E-state index in [0.29, 0.717) is 42.0 Å². The molecular formula is C23H18Cl2N2O4S. The fourth-order valence-electron chi connectivity index (χ4n) is 3.57. The third-order valence-corrected chi connectivity index (χ3v) is 6.78. The van der Waals surface area contributed by atoms with Crippen molar-refractivity contribution < 1.29 is 14.3 Å². The van der Waals surface area contributed by atoms with Crippen LogP contribution >= 0.6 is 34.5 Å². The van der Waals surface area contributed by atoms with Gasteiger partial charge < -0.3 is 9.47 Å². The van der Waals surface area contributed by atoms with E-state index in [1.54, 1.807) is 50.4 Å². The summed E-state index contributed by atoms with van der Waals surface area (Å²) in [6, 6.07) is 11.6. The second kappa shape index (κ2) is 8.94. The van der Waals surface area contributed by atoms with Crippen molar-refractivity contribution in [3.63, 3.8) is 0 Å². The highest BCUT2D eigenvalue weighted by atomic mass is 35.5. The summed E-state index contributed by atoms with van der Waals surface area (Å²) in [5.41, 5.74) is 1.75. The lowest BCUT2D eigenvalue weighted by Crippen LogP contribution is -2.39. The molecule has 0 saturated carbocycles. The molecule has 2 aromatic carbocycles. The van der Waals surface area contributed by atoms with Gasteiger partial charge in [0.05, 0.1) is 36.1 Å². The molecule has 0 bridgehead atoms. The highest BCUT2D eigenvalue weighted by molar-refractivity contribution is 7.07. The summed E-state index contributed by atoms with van der Waals surface area (Å²) in [7, 11) is 2.88. The lowest BCUT2D eigenvalue weighted by Gasteiger charge is -2.24. The Morgan fingerprint density at radius 1 is 1.12 bits per heavy atom. The average molecular weight is 489 g/mol. The zero-order valence-electron chi connectivity index (χ0n) is 17.4. The Labute approximate surface area is 197 Å². The predicted molar refractivity (Wildman–Crippen MR) is 125 cm³/mol. The highest BCUT2D eigenvalue weighted by Gasteiger charge is 2.33. The van der Waals surface area contributed by atoms with Crippen LogP contribution in [0.1, 0.15) is 24.1 Å². The smallest absolute Gasteiger partial charge is 0.338 e. The van der Waals surface area contributed by atoms with Crippen LogP contribution in [0, 0.1) is 0 Å². The summed E-state index contributed by atoms with van der Waals surface area (Å²) in [5.74, 6) is 0.116. The first-order valence-corrected chi connectivity index (χ1v) is 11.1. The number of ether oxygens (including phenoxy) is 2. The number of nitrogens with zero attached hydrogens (tertiary/aromatic N) is 2. The zero-order chi connectivity index (χ0) is 23.0. The van der Waals surface area contributed by atoms with E-state index in [1.807, 2.05) is 12.1 Å². The lowest BCUT2D eigenvalue weighted by atomic mass is 9.96. The van der Waals surface area contributed by atoms with Gasteiger partial charge in [0, 0.05) is 15.6 Å². The zero-order valence-corrected chi connectivity index (χ0v) is 19.7. The van der Waals surface area contributed by atoms with Crippen molar-refractivity contribution in [1.29, 1.82) is 0 Å². The van der Waals surface area contributed by atoms with E-state index in [4.69, 9.17) is 32.7 Å². The minimum Gasteiger partial charge on any atom is -0.497 e. The van der Waals surface area contributed by atoms with E-state index in [2.05, 4.69) is 4.99 Å². The van der Waals surface area contributed by atoms with Gasteiger partial charge in [-0.25, -0.2) is 9.79 Å². The van der Waals surface area contributed by atoms with Gasteiger partial charge in [0.1, 0.15) is 5.75 Å². The normalized spacial score (nSPS) is 15.9. The van der Waals surface area contributed by atoms with Gasteiger partial charge in [0.25, 0.3) is 5.56 Å². The van der Waals surface area contributed by atoms with Crippen molar-refractivity contribution in [3.05, 3.63) is 94.6 Å². The van der Waals surface area contributed by atoms with Crippen LogP contribution < -0.4 is 19.6 Å². The van der Waals surface area contributed by atoms with Crippen molar-refractivity contribution in [2.75, 3.05) is 14.2 Å². The standard InChI is InChI=1S/C23H18Cl2N2O4S/c1-12-19(22(29)31-3)20(13-7-9-14(30-2)10-8-13)27-21(28)18(32-23(27)26-12)11-15-16(24)5-4-6-17(15)25/h4-11,20H,1-3H3/b18-11-. The summed E-state index contributed by atoms with van der Waals surface area (Å²) >= 11 is 13.8.